The smallest absolute Gasteiger partial charge is 0.416 e. The van der Waals surface area contributed by atoms with Crippen LogP contribution in [0.3, 0.4) is 0 Å². The van der Waals surface area contributed by atoms with E-state index in [0.717, 1.165) is 24.3 Å². The van der Waals surface area contributed by atoms with E-state index in [1.165, 1.54) is 24.3 Å². The molecule has 16 heteroatoms. The number of benzene rings is 4. The maximum Gasteiger partial charge on any atom is 0.416 e. The third-order valence-corrected chi connectivity index (χ3v) is 8.23. The number of alkyl halides is 6. The van der Waals surface area contributed by atoms with E-state index in [1.54, 1.807) is 36.4 Å². The van der Waals surface area contributed by atoms with Crippen LogP contribution < -0.4 is 9.80 Å². The summed E-state index contributed by atoms with van der Waals surface area (Å²) in [5.41, 5.74) is -3.40. The molecule has 10 nitrogen and oxygen atoms in total. The zero-order chi connectivity index (χ0) is 38.9. The molecule has 4 aromatic rings. The van der Waals surface area contributed by atoms with Crippen LogP contribution in [0.25, 0.3) is 0 Å². The van der Waals surface area contributed by atoms with Crippen molar-refractivity contribution in [3.8, 4) is 0 Å². The first-order valence-corrected chi connectivity index (χ1v) is 15.8. The molecule has 0 aliphatic carbocycles. The monoisotopic (exact) mass is 746 g/mol. The largest absolute Gasteiger partial charge is 0.502 e. The molecule has 4 amide bonds. The number of amides is 4. The van der Waals surface area contributed by atoms with Gasteiger partial charge in [0.25, 0.3) is 11.8 Å². The summed E-state index contributed by atoms with van der Waals surface area (Å²) >= 11 is 0. The number of imide groups is 2. The van der Waals surface area contributed by atoms with Crippen molar-refractivity contribution in [2.45, 2.75) is 12.4 Å². The molecule has 0 saturated carbocycles. The van der Waals surface area contributed by atoms with E-state index in [1.807, 2.05) is 0 Å². The van der Waals surface area contributed by atoms with Crippen molar-refractivity contribution in [3.63, 3.8) is 0 Å². The Morgan fingerprint density at radius 2 is 0.796 bits per heavy atom. The second-order valence-electron chi connectivity index (χ2n) is 11.6. The van der Waals surface area contributed by atoms with Gasteiger partial charge < -0.3 is 10.2 Å². The van der Waals surface area contributed by atoms with Crippen LogP contribution >= 0.6 is 0 Å². The first kappa shape index (κ1) is 36.9. The number of carbonyl (C=O) groups is 4. The molecule has 4 aromatic carbocycles. The number of aliphatic hydroxyl groups is 2. The van der Waals surface area contributed by atoms with Crippen molar-refractivity contribution < 1.29 is 55.7 Å². The van der Waals surface area contributed by atoms with Crippen molar-refractivity contribution in [1.82, 2.24) is 0 Å². The summed E-state index contributed by atoms with van der Waals surface area (Å²) in [6.07, 6.45) is -9.36. The molecule has 0 atom stereocenters. The number of aliphatic hydroxyl groups excluding tert-OH is 2. The average Bonchev–Trinajstić information content (AvgIpc) is 3.50. The van der Waals surface area contributed by atoms with Crippen LogP contribution in [-0.2, 0) is 31.5 Å². The van der Waals surface area contributed by atoms with E-state index in [-0.39, 0.29) is 47.0 Å². The predicted molar refractivity (Wildman–Crippen MR) is 183 cm³/mol. The summed E-state index contributed by atoms with van der Waals surface area (Å²) in [5.74, 6) is -6.56. The van der Waals surface area contributed by atoms with Crippen LogP contribution in [-0.4, -0.2) is 58.4 Å². The van der Waals surface area contributed by atoms with E-state index in [2.05, 4.69) is 9.98 Å². The van der Waals surface area contributed by atoms with Gasteiger partial charge in [0, 0.05) is 11.1 Å². The SMILES string of the molecule is O=C1C(O)=C(C(=NCCN=C(C2=C(O)C(=O)N(c3ccc(C(F)(F)F)cc3)C2=O)c2ccccc2)c2ccccc2)C(=O)N1c1ccc(C(F)(F)F)cc1. The number of rotatable bonds is 9. The fourth-order valence-corrected chi connectivity index (χ4v) is 5.68. The number of anilines is 2. The summed E-state index contributed by atoms with van der Waals surface area (Å²) in [6.45, 7) is -0.560. The molecule has 274 valence electrons. The van der Waals surface area contributed by atoms with Crippen molar-refractivity contribution in [2.75, 3.05) is 22.9 Å². The Hall–Kier alpha value is -6.84. The topological polar surface area (TPSA) is 140 Å². The highest BCUT2D eigenvalue weighted by molar-refractivity contribution is 6.45. The van der Waals surface area contributed by atoms with Crippen molar-refractivity contribution >= 4 is 46.4 Å². The van der Waals surface area contributed by atoms with Crippen LogP contribution in [0, 0.1) is 0 Å². The zero-order valence-electron chi connectivity index (χ0n) is 27.4. The Morgan fingerprint density at radius 3 is 1.09 bits per heavy atom. The van der Waals surface area contributed by atoms with Crippen LogP contribution in [0.2, 0.25) is 0 Å². The van der Waals surface area contributed by atoms with Gasteiger partial charge in [0.05, 0.1) is 47.0 Å². The molecule has 0 fully saturated rings. The van der Waals surface area contributed by atoms with Gasteiger partial charge in [-0.2, -0.15) is 26.3 Å². The summed E-state index contributed by atoms with van der Waals surface area (Å²) < 4.78 is 78.8. The lowest BCUT2D eigenvalue weighted by atomic mass is 10.0. The summed E-state index contributed by atoms with van der Waals surface area (Å²) in [5, 5.41) is 21.8. The van der Waals surface area contributed by atoms with Gasteiger partial charge in [-0.25, -0.2) is 9.80 Å². The van der Waals surface area contributed by atoms with E-state index in [0.29, 0.717) is 34.1 Å². The summed E-state index contributed by atoms with van der Waals surface area (Å²) in [6, 6.07) is 22.1. The molecule has 2 aliphatic heterocycles. The minimum absolute atomic E-state index is 0.167. The van der Waals surface area contributed by atoms with Gasteiger partial charge in [0.15, 0.2) is 11.5 Å². The third kappa shape index (κ3) is 7.00. The molecule has 2 N–H and O–H groups in total. The molecule has 6 rings (SSSR count). The highest BCUT2D eigenvalue weighted by Gasteiger charge is 2.44. The fourth-order valence-electron chi connectivity index (χ4n) is 5.68. The number of nitrogens with zero attached hydrogens (tertiary/aromatic N) is 4. The zero-order valence-corrected chi connectivity index (χ0v) is 27.4. The van der Waals surface area contributed by atoms with Crippen molar-refractivity contribution in [3.05, 3.63) is 154 Å². The van der Waals surface area contributed by atoms with E-state index >= 15 is 0 Å². The van der Waals surface area contributed by atoms with Gasteiger partial charge in [-0.15, -0.1) is 0 Å². The van der Waals surface area contributed by atoms with Gasteiger partial charge in [0.1, 0.15) is 11.1 Å². The molecular formula is C38H24F6N4O6. The predicted octanol–water partition coefficient (Wildman–Crippen LogP) is 6.77. The van der Waals surface area contributed by atoms with Crippen molar-refractivity contribution in [2.24, 2.45) is 9.98 Å². The lowest BCUT2D eigenvalue weighted by Gasteiger charge is -2.16. The lowest BCUT2D eigenvalue weighted by Crippen LogP contribution is -2.33. The molecule has 54 heavy (non-hydrogen) atoms. The second kappa shape index (κ2) is 14.3. The fraction of sp³-hybridized carbons (Fsp3) is 0.105. The van der Waals surface area contributed by atoms with E-state index in [4.69, 9.17) is 0 Å². The van der Waals surface area contributed by atoms with Gasteiger partial charge in [-0.1, -0.05) is 60.7 Å². The summed E-state index contributed by atoms with van der Waals surface area (Å²) in [7, 11) is 0. The Morgan fingerprint density at radius 1 is 0.481 bits per heavy atom. The van der Waals surface area contributed by atoms with E-state index < -0.39 is 69.8 Å². The lowest BCUT2D eigenvalue weighted by molar-refractivity contribution is -0.138. The second-order valence-corrected chi connectivity index (χ2v) is 11.6. The number of carbonyl (C=O) groups excluding carboxylic acids is 4. The molecule has 2 aliphatic rings. The summed E-state index contributed by atoms with van der Waals surface area (Å²) in [4.78, 5) is 63.4. The Labute approximate surface area is 301 Å². The molecular weight excluding hydrogens is 722 g/mol. The normalized spacial score (nSPS) is 16.0. The Balaban J connectivity index is 1.32. The highest BCUT2D eigenvalue weighted by Crippen LogP contribution is 2.35. The number of aliphatic imine (C=N–C) groups is 2. The first-order chi connectivity index (χ1) is 25.6. The van der Waals surface area contributed by atoms with Crippen molar-refractivity contribution in [1.29, 1.82) is 0 Å². The maximum atomic E-state index is 13.6. The molecule has 0 unspecified atom stereocenters. The third-order valence-electron chi connectivity index (χ3n) is 8.23. The number of hydrogen-bond acceptors (Lipinski definition) is 8. The van der Waals surface area contributed by atoms with Crippen LogP contribution in [0.5, 0.6) is 0 Å². The minimum Gasteiger partial charge on any atom is -0.502 e. The average molecular weight is 747 g/mol. The molecule has 2 heterocycles. The molecule has 0 spiro atoms. The highest BCUT2D eigenvalue weighted by atomic mass is 19.4. The van der Waals surface area contributed by atoms with E-state index in [9.17, 15) is 55.7 Å². The van der Waals surface area contributed by atoms with Gasteiger partial charge in [-0.3, -0.25) is 29.2 Å². The Bertz CT molecular complexity index is 2120. The maximum absolute atomic E-state index is 13.6. The first-order valence-electron chi connectivity index (χ1n) is 15.8. The van der Waals surface area contributed by atoms with Crippen LogP contribution in [0.4, 0.5) is 37.7 Å². The Kier molecular flexibility index (Phi) is 9.78. The van der Waals surface area contributed by atoms with Gasteiger partial charge in [-0.05, 0) is 48.5 Å². The molecule has 0 saturated heterocycles. The standard InChI is InChI=1S/C38H24F6N4O6/c39-37(40,41)23-11-15-25(16-12-23)47-33(51)27(31(49)35(47)53)29(21-7-3-1-4-8-21)45-19-20-46-30(22-9-5-2-6-10-22)28-32(50)36(54)48(34(28)52)26-17-13-24(14-18-26)38(42,43)44/h1-18,49-50H,19-20H2. The van der Waals surface area contributed by atoms with Crippen LogP contribution in [0.15, 0.2) is 142 Å². The molecule has 0 bridgehead atoms. The number of halogens is 6. The minimum atomic E-state index is -4.68. The van der Waals surface area contributed by atoms with Gasteiger partial charge in [0.2, 0.25) is 0 Å². The number of hydrogen-bond donors (Lipinski definition) is 2. The van der Waals surface area contributed by atoms with Crippen LogP contribution in [0.1, 0.15) is 22.3 Å². The molecule has 0 aromatic heterocycles. The quantitative estimate of drug-likeness (QED) is 0.0839. The molecule has 0 radical (unpaired) electrons. The van der Waals surface area contributed by atoms with Gasteiger partial charge >= 0.3 is 24.2 Å².